The molecule has 1 rings (SSSR count). The maximum absolute atomic E-state index is 10.7. The Kier molecular flexibility index (Phi) is 3.90. The summed E-state index contributed by atoms with van der Waals surface area (Å²) in [6.07, 6.45) is 0.466. The molecule has 15 heavy (non-hydrogen) atoms. The van der Waals surface area contributed by atoms with Gasteiger partial charge in [-0.15, -0.1) is 0 Å². The summed E-state index contributed by atoms with van der Waals surface area (Å²) in [4.78, 5) is 10.7. The third kappa shape index (κ3) is 3.06. The zero-order valence-electron chi connectivity index (χ0n) is 9.07. The van der Waals surface area contributed by atoms with Gasteiger partial charge in [-0.2, -0.15) is 5.10 Å². The van der Waals surface area contributed by atoms with Crippen LogP contribution in [0.15, 0.2) is 10.7 Å². The van der Waals surface area contributed by atoms with E-state index in [2.05, 4.69) is 21.0 Å². The van der Waals surface area contributed by atoms with Crippen LogP contribution in [0.2, 0.25) is 0 Å². The van der Waals surface area contributed by atoms with E-state index in [1.54, 1.807) is 6.92 Å². The number of hydrogen-bond donors (Lipinski definition) is 1. The summed E-state index contributed by atoms with van der Waals surface area (Å²) in [6, 6.07) is 2.15. The molecule has 1 atom stereocenters. The molecule has 0 radical (unpaired) electrons. The number of hydrogen-bond acceptors (Lipinski definition) is 2. The summed E-state index contributed by atoms with van der Waals surface area (Å²) in [6.45, 7) is 5.75. The van der Waals surface area contributed by atoms with Gasteiger partial charge >= 0.3 is 5.97 Å². The molecule has 0 aliphatic rings. The summed E-state index contributed by atoms with van der Waals surface area (Å²) in [5, 5.41) is 13.1. The molecule has 0 fully saturated rings. The molecule has 1 heterocycles. The van der Waals surface area contributed by atoms with Crippen molar-refractivity contribution in [3.05, 3.63) is 16.4 Å². The molecule has 1 unspecified atom stereocenters. The van der Waals surface area contributed by atoms with Crippen molar-refractivity contribution in [3.63, 3.8) is 0 Å². The Morgan fingerprint density at radius 2 is 2.20 bits per heavy atom. The molecule has 84 valence electrons. The molecule has 1 N–H and O–H groups in total. The predicted molar refractivity (Wildman–Crippen MR) is 60.8 cm³/mol. The second-order valence-electron chi connectivity index (χ2n) is 3.94. The van der Waals surface area contributed by atoms with Crippen LogP contribution in [-0.4, -0.2) is 20.9 Å². The Hall–Kier alpha value is -0.840. The van der Waals surface area contributed by atoms with Crippen LogP contribution in [0.3, 0.4) is 0 Å². The molecule has 0 aliphatic heterocycles. The van der Waals surface area contributed by atoms with E-state index in [1.807, 2.05) is 24.6 Å². The van der Waals surface area contributed by atoms with Crippen molar-refractivity contribution in [1.29, 1.82) is 0 Å². The summed E-state index contributed by atoms with van der Waals surface area (Å²) >= 11 is 3.40. The highest BCUT2D eigenvalue weighted by Gasteiger charge is 2.15. The Morgan fingerprint density at radius 3 is 2.60 bits per heavy atom. The molecule has 0 saturated heterocycles. The summed E-state index contributed by atoms with van der Waals surface area (Å²) in [5.74, 6) is -1.18. The van der Waals surface area contributed by atoms with Gasteiger partial charge in [-0.1, -0.05) is 6.92 Å². The van der Waals surface area contributed by atoms with E-state index in [0.29, 0.717) is 6.42 Å². The van der Waals surface area contributed by atoms with Crippen LogP contribution >= 0.6 is 15.9 Å². The zero-order valence-corrected chi connectivity index (χ0v) is 10.7. The van der Waals surface area contributed by atoms with Crippen LogP contribution < -0.4 is 0 Å². The van der Waals surface area contributed by atoms with Gasteiger partial charge in [0.15, 0.2) is 0 Å². The number of aliphatic carboxylic acids is 1. The van der Waals surface area contributed by atoms with E-state index < -0.39 is 11.9 Å². The van der Waals surface area contributed by atoms with E-state index in [1.165, 1.54) is 0 Å². The number of carboxylic acids is 1. The van der Waals surface area contributed by atoms with Crippen molar-refractivity contribution in [2.75, 3.05) is 0 Å². The Morgan fingerprint density at radius 1 is 1.60 bits per heavy atom. The number of carbonyl (C=O) groups is 1. The fraction of sp³-hybridized carbons (Fsp3) is 0.600. The first-order valence-corrected chi connectivity index (χ1v) is 5.68. The van der Waals surface area contributed by atoms with Gasteiger partial charge in [-0.3, -0.25) is 9.48 Å². The first kappa shape index (κ1) is 12.2. The average Bonchev–Trinajstić information content (AvgIpc) is 2.46. The highest BCUT2D eigenvalue weighted by Crippen LogP contribution is 2.18. The monoisotopic (exact) mass is 274 g/mol. The molecule has 0 spiro atoms. The van der Waals surface area contributed by atoms with Gasteiger partial charge < -0.3 is 5.11 Å². The lowest BCUT2D eigenvalue weighted by molar-refractivity contribution is -0.141. The summed E-state index contributed by atoms with van der Waals surface area (Å²) in [7, 11) is 0. The molecule has 1 aromatic rings. The lowest BCUT2D eigenvalue weighted by atomic mass is 10.1. The van der Waals surface area contributed by atoms with Gasteiger partial charge in [0.2, 0.25) is 0 Å². The molecule has 0 aliphatic carbocycles. The molecule has 0 bridgehead atoms. The Balaban J connectivity index is 2.79. The van der Waals surface area contributed by atoms with Crippen molar-refractivity contribution >= 4 is 21.9 Å². The molecule has 0 saturated carbocycles. The molecule has 0 amide bonds. The summed E-state index contributed by atoms with van der Waals surface area (Å²) in [5.41, 5.74) is 0.811. The predicted octanol–water partition coefficient (Wildman–Crippen LogP) is 2.49. The average molecular weight is 275 g/mol. The largest absolute Gasteiger partial charge is 0.481 e. The normalized spacial score (nSPS) is 13.1. The van der Waals surface area contributed by atoms with Gasteiger partial charge in [-0.05, 0) is 35.8 Å². The lowest BCUT2D eigenvalue weighted by Gasteiger charge is -2.06. The number of carboxylic acid groups (broad SMARTS) is 1. The van der Waals surface area contributed by atoms with Crippen molar-refractivity contribution in [2.45, 2.75) is 33.2 Å². The third-order valence-electron chi connectivity index (χ3n) is 2.17. The highest BCUT2D eigenvalue weighted by molar-refractivity contribution is 9.10. The molecule has 5 heteroatoms. The van der Waals surface area contributed by atoms with Gasteiger partial charge in [0.05, 0.1) is 11.6 Å². The van der Waals surface area contributed by atoms with E-state index in [0.717, 1.165) is 10.3 Å². The van der Waals surface area contributed by atoms with Crippen LogP contribution in [0.4, 0.5) is 0 Å². The lowest BCUT2D eigenvalue weighted by Crippen LogP contribution is -2.13. The van der Waals surface area contributed by atoms with Gasteiger partial charge in [-0.25, -0.2) is 0 Å². The SMILES string of the molecule is CC(Cc1cc(Br)n(C(C)C)n1)C(=O)O. The van der Waals surface area contributed by atoms with Gasteiger partial charge in [0, 0.05) is 12.5 Å². The fourth-order valence-electron chi connectivity index (χ4n) is 1.28. The van der Waals surface area contributed by atoms with Gasteiger partial charge in [0.25, 0.3) is 0 Å². The van der Waals surface area contributed by atoms with Crippen LogP contribution in [0.5, 0.6) is 0 Å². The highest BCUT2D eigenvalue weighted by atomic mass is 79.9. The minimum atomic E-state index is -0.787. The van der Waals surface area contributed by atoms with E-state index in [4.69, 9.17) is 5.11 Å². The minimum Gasteiger partial charge on any atom is -0.481 e. The van der Waals surface area contributed by atoms with E-state index >= 15 is 0 Å². The van der Waals surface area contributed by atoms with E-state index in [9.17, 15) is 4.79 Å². The summed E-state index contributed by atoms with van der Waals surface area (Å²) < 4.78 is 2.73. The minimum absolute atomic E-state index is 0.272. The first-order chi connectivity index (χ1) is 6.91. The topological polar surface area (TPSA) is 55.1 Å². The second kappa shape index (κ2) is 4.79. The molecule has 1 aromatic heterocycles. The standard InChI is InChI=1S/C10H15BrN2O2/c1-6(2)13-9(11)5-8(12-13)4-7(3)10(14)15/h5-7H,4H2,1-3H3,(H,14,15). The number of halogens is 1. The smallest absolute Gasteiger partial charge is 0.306 e. The van der Waals surface area contributed by atoms with Crippen LogP contribution in [0.25, 0.3) is 0 Å². The quantitative estimate of drug-likeness (QED) is 0.918. The Bertz CT molecular complexity index is 360. The van der Waals surface area contributed by atoms with Crippen LogP contribution in [0.1, 0.15) is 32.5 Å². The van der Waals surface area contributed by atoms with Crippen LogP contribution in [-0.2, 0) is 11.2 Å². The molecular formula is C10H15BrN2O2. The fourth-order valence-corrected chi connectivity index (χ4v) is 2.03. The van der Waals surface area contributed by atoms with Crippen molar-refractivity contribution in [1.82, 2.24) is 9.78 Å². The zero-order chi connectivity index (χ0) is 11.6. The van der Waals surface area contributed by atoms with Crippen molar-refractivity contribution < 1.29 is 9.90 Å². The maximum Gasteiger partial charge on any atom is 0.306 e. The number of aromatic nitrogens is 2. The molecule has 4 nitrogen and oxygen atoms in total. The van der Waals surface area contributed by atoms with Crippen molar-refractivity contribution in [3.8, 4) is 0 Å². The third-order valence-corrected chi connectivity index (χ3v) is 2.76. The molecule has 0 aromatic carbocycles. The molecular weight excluding hydrogens is 260 g/mol. The number of nitrogens with zero attached hydrogens (tertiary/aromatic N) is 2. The van der Waals surface area contributed by atoms with Crippen molar-refractivity contribution in [2.24, 2.45) is 5.92 Å². The second-order valence-corrected chi connectivity index (χ2v) is 4.75. The Labute approximate surface area is 97.4 Å². The maximum atomic E-state index is 10.7. The first-order valence-electron chi connectivity index (χ1n) is 4.88. The van der Waals surface area contributed by atoms with Crippen LogP contribution in [0, 0.1) is 5.92 Å². The van der Waals surface area contributed by atoms with Gasteiger partial charge in [0.1, 0.15) is 4.60 Å². The number of rotatable bonds is 4. The van der Waals surface area contributed by atoms with E-state index in [-0.39, 0.29) is 6.04 Å².